The number of likely N-dealkylation sites (N-methyl/N-ethyl adjacent to an activating group) is 1. The van der Waals surface area contributed by atoms with Crippen molar-refractivity contribution in [2.24, 2.45) is 0 Å². The molecule has 0 unspecified atom stereocenters. The van der Waals surface area contributed by atoms with Crippen LogP contribution in [0.2, 0.25) is 0 Å². The molecule has 1 aliphatic rings. The van der Waals surface area contributed by atoms with Crippen LogP contribution in [-0.4, -0.2) is 51.5 Å². The number of sulfone groups is 1. The largest absolute Gasteiger partial charge is 0.367 e. The van der Waals surface area contributed by atoms with E-state index in [0.717, 1.165) is 42.8 Å². The molecular weight excluding hydrogens is 345 g/mol. The SMILES string of the molecule is [11CH3]N1CCN(c2cccc3cc(S(=O)(=O)c4ccccc4)cnc23)CC1. The predicted molar refractivity (Wildman–Crippen MR) is 103 cm³/mol. The number of benzene rings is 2. The van der Waals surface area contributed by atoms with Crippen LogP contribution in [0.5, 0.6) is 0 Å². The molecule has 2 heterocycles. The number of aromatic nitrogens is 1. The topological polar surface area (TPSA) is 53.5 Å². The fourth-order valence-corrected chi connectivity index (χ4v) is 4.57. The molecule has 0 atom stereocenters. The maximum absolute atomic E-state index is 12.8. The molecule has 0 spiro atoms. The first kappa shape index (κ1) is 17.0. The van der Waals surface area contributed by atoms with Gasteiger partial charge in [-0.15, -0.1) is 0 Å². The Hall–Kier alpha value is -2.44. The Labute approximate surface area is 153 Å². The van der Waals surface area contributed by atoms with Crippen molar-refractivity contribution in [1.82, 2.24) is 9.88 Å². The van der Waals surface area contributed by atoms with Crippen LogP contribution in [0.25, 0.3) is 10.9 Å². The van der Waals surface area contributed by atoms with Gasteiger partial charge in [-0.2, -0.15) is 0 Å². The minimum Gasteiger partial charge on any atom is -0.367 e. The van der Waals surface area contributed by atoms with E-state index >= 15 is 0 Å². The van der Waals surface area contributed by atoms with Crippen molar-refractivity contribution < 1.29 is 8.42 Å². The van der Waals surface area contributed by atoms with Gasteiger partial charge in [0.2, 0.25) is 9.84 Å². The Kier molecular flexibility index (Phi) is 4.38. The maximum atomic E-state index is 12.8. The molecule has 6 heteroatoms. The fourth-order valence-electron chi connectivity index (χ4n) is 3.31. The summed E-state index contributed by atoms with van der Waals surface area (Å²) in [5, 5.41) is 0.846. The van der Waals surface area contributed by atoms with Crippen LogP contribution in [0.4, 0.5) is 5.69 Å². The number of rotatable bonds is 3. The number of para-hydroxylation sites is 1. The molecule has 4 rings (SSSR count). The Balaban J connectivity index is 1.75. The zero-order valence-electron chi connectivity index (χ0n) is 14.7. The summed E-state index contributed by atoms with van der Waals surface area (Å²) in [5.74, 6) is 0. The first-order valence-electron chi connectivity index (χ1n) is 8.68. The van der Waals surface area contributed by atoms with Crippen molar-refractivity contribution in [1.29, 1.82) is 0 Å². The van der Waals surface area contributed by atoms with Gasteiger partial charge >= 0.3 is 0 Å². The number of fused-ring (bicyclic) bond motifs is 1. The lowest BCUT2D eigenvalue weighted by atomic mass is 10.1. The summed E-state index contributed by atoms with van der Waals surface area (Å²) in [6.07, 6.45) is 1.48. The summed E-state index contributed by atoms with van der Waals surface area (Å²) in [7, 11) is -1.43. The van der Waals surface area contributed by atoms with Gasteiger partial charge in [0.15, 0.2) is 0 Å². The number of hydrogen-bond acceptors (Lipinski definition) is 5. The van der Waals surface area contributed by atoms with Gasteiger partial charge in [0.25, 0.3) is 0 Å². The van der Waals surface area contributed by atoms with Crippen molar-refractivity contribution >= 4 is 26.4 Å². The molecule has 26 heavy (non-hydrogen) atoms. The van der Waals surface area contributed by atoms with Crippen LogP contribution in [0.1, 0.15) is 0 Å². The van der Waals surface area contributed by atoms with Gasteiger partial charge in [-0.1, -0.05) is 30.3 Å². The molecule has 134 valence electrons. The average molecular weight is 366 g/mol. The van der Waals surface area contributed by atoms with E-state index in [-0.39, 0.29) is 9.79 Å². The highest BCUT2D eigenvalue weighted by Gasteiger charge is 2.20. The highest BCUT2D eigenvalue weighted by atomic mass is 32.2. The third-order valence-corrected chi connectivity index (χ3v) is 6.61. The summed E-state index contributed by atoms with van der Waals surface area (Å²) in [6, 6.07) is 16.2. The van der Waals surface area contributed by atoms with E-state index in [0.29, 0.717) is 0 Å². The van der Waals surface area contributed by atoms with E-state index in [4.69, 9.17) is 0 Å². The second kappa shape index (κ2) is 6.70. The quantitative estimate of drug-likeness (QED) is 0.713. The van der Waals surface area contributed by atoms with Crippen molar-refractivity contribution in [2.75, 3.05) is 38.1 Å². The van der Waals surface area contributed by atoms with Gasteiger partial charge in [0, 0.05) is 37.8 Å². The van der Waals surface area contributed by atoms with Gasteiger partial charge in [0.05, 0.1) is 21.0 Å². The monoisotopic (exact) mass is 366 g/mol. The van der Waals surface area contributed by atoms with Crippen molar-refractivity contribution in [3.63, 3.8) is 0 Å². The third kappa shape index (κ3) is 3.06. The zero-order chi connectivity index (χ0) is 18.1. The molecular formula is C20H21N3O2S. The summed E-state index contributed by atoms with van der Waals surface area (Å²) in [6.45, 7) is 3.91. The first-order valence-corrected chi connectivity index (χ1v) is 10.2. The lowest BCUT2D eigenvalue weighted by molar-refractivity contribution is 0.313. The van der Waals surface area contributed by atoms with E-state index in [1.54, 1.807) is 36.4 Å². The highest BCUT2D eigenvalue weighted by molar-refractivity contribution is 7.91. The van der Waals surface area contributed by atoms with Gasteiger partial charge in [-0.3, -0.25) is 4.98 Å². The second-order valence-electron chi connectivity index (χ2n) is 6.63. The van der Waals surface area contributed by atoms with Crippen LogP contribution in [0, 0.1) is 0 Å². The molecule has 3 aromatic rings. The molecule has 1 fully saturated rings. The van der Waals surface area contributed by atoms with E-state index in [2.05, 4.69) is 27.9 Å². The number of nitrogens with zero attached hydrogens (tertiary/aromatic N) is 3. The smallest absolute Gasteiger partial charge is 0.208 e. The van der Waals surface area contributed by atoms with Crippen LogP contribution >= 0.6 is 0 Å². The summed E-state index contributed by atoms with van der Waals surface area (Å²) >= 11 is 0. The molecule has 1 aliphatic heterocycles. The molecule has 0 amide bonds. The zero-order valence-corrected chi connectivity index (χ0v) is 15.5. The fraction of sp³-hybridized carbons (Fsp3) is 0.250. The summed E-state index contributed by atoms with van der Waals surface area (Å²) in [5.41, 5.74) is 1.92. The molecule has 2 aromatic carbocycles. The maximum Gasteiger partial charge on any atom is 0.208 e. The Morgan fingerprint density at radius 1 is 0.885 bits per heavy atom. The minimum atomic E-state index is -3.56. The minimum absolute atomic E-state index is 0.228. The molecule has 5 nitrogen and oxygen atoms in total. The van der Waals surface area contributed by atoms with E-state index < -0.39 is 9.84 Å². The second-order valence-corrected chi connectivity index (χ2v) is 8.58. The Morgan fingerprint density at radius 3 is 2.35 bits per heavy atom. The first-order chi connectivity index (χ1) is 12.6. The van der Waals surface area contributed by atoms with Crippen LogP contribution in [0.15, 0.2) is 70.6 Å². The van der Waals surface area contributed by atoms with Crippen LogP contribution in [0.3, 0.4) is 0 Å². The van der Waals surface area contributed by atoms with Gasteiger partial charge in [-0.05, 0) is 31.3 Å². The summed E-state index contributed by atoms with van der Waals surface area (Å²) < 4.78 is 25.7. The number of hydrogen-bond donors (Lipinski definition) is 0. The van der Waals surface area contributed by atoms with Gasteiger partial charge in [-0.25, -0.2) is 8.42 Å². The molecule has 0 saturated carbocycles. The Morgan fingerprint density at radius 2 is 1.62 bits per heavy atom. The molecule has 0 radical (unpaired) electrons. The van der Waals surface area contributed by atoms with Crippen LogP contribution < -0.4 is 4.90 Å². The third-order valence-electron chi connectivity index (χ3n) is 4.87. The Bertz CT molecular complexity index is 1030. The van der Waals surface area contributed by atoms with Gasteiger partial charge in [0.1, 0.15) is 0 Å². The number of pyridine rings is 1. The standard InChI is InChI=1S/C20H21N3O2S/c1-22-10-12-23(13-11-22)19-9-5-6-16-14-18(15-21-20(16)19)26(24,25)17-7-3-2-4-8-17/h2-9,14-15H,10-13H2,1H3/i1-1. The molecule has 1 saturated heterocycles. The van der Waals surface area contributed by atoms with Crippen molar-refractivity contribution in [2.45, 2.75) is 9.79 Å². The van der Waals surface area contributed by atoms with Gasteiger partial charge < -0.3 is 9.80 Å². The van der Waals surface area contributed by atoms with E-state index in [1.807, 2.05) is 12.1 Å². The lowest BCUT2D eigenvalue weighted by Gasteiger charge is -2.34. The average Bonchev–Trinajstić information content (AvgIpc) is 2.68. The molecule has 0 aliphatic carbocycles. The lowest BCUT2D eigenvalue weighted by Crippen LogP contribution is -2.44. The van der Waals surface area contributed by atoms with Crippen LogP contribution in [-0.2, 0) is 9.84 Å². The molecule has 1 aromatic heterocycles. The molecule has 0 bridgehead atoms. The number of piperazine rings is 1. The normalized spacial score (nSPS) is 16.1. The highest BCUT2D eigenvalue weighted by Crippen LogP contribution is 2.29. The predicted octanol–water partition coefficient (Wildman–Crippen LogP) is 2.82. The number of anilines is 1. The van der Waals surface area contributed by atoms with E-state index in [9.17, 15) is 8.42 Å². The molecule has 0 N–H and O–H groups in total. The van der Waals surface area contributed by atoms with Crippen molar-refractivity contribution in [3.8, 4) is 0 Å². The van der Waals surface area contributed by atoms with Crippen molar-refractivity contribution in [3.05, 3.63) is 60.8 Å². The van der Waals surface area contributed by atoms with E-state index in [1.165, 1.54) is 6.20 Å². The summed E-state index contributed by atoms with van der Waals surface area (Å²) in [4.78, 5) is 9.67.